The van der Waals surface area contributed by atoms with E-state index in [4.69, 9.17) is 4.98 Å². The van der Waals surface area contributed by atoms with Crippen LogP contribution in [-0.4, -0.2) is 55.6 Å². The van der Waals surface area contributed by atoms with Gasteiger partial charge in [0.1, 0.15) is 5.82 Å². The Morgan fingerprint density at radius 1 is 1.32 bits per heavy atom. The molecule has 1 atom stereocenters. The molecule has 0 aliphatic carbocycles. The highest BCUT2D eigenvalue weighted by atomic mass is 32.2. The number of hydrogen-bond donors (Lipinski definition) is 0. The summed E-state index contributed by atoms with van der Waals surface area (Å²) < 4.78 is 23.5. The second-order valence-electron chi connectivity index (χ2n) is 6.11. The zero-order valence-corrected chi connectivity index (χ0v) is 13.9. The molecular formula is C15H24N4O2S. The number of aromatic nitrogens is 2. The van der Waals surface area contributed by atoms with E-state index < -0.39 is 9.84 Å². The van der Waals surface area contributed by atoms with Crippen molar-refractivity contribution in [3.8, 4) is 0 Å². The molecule has 2 aliphatic rings. The Hall–Kier alpha value is -1.37. The molecule has 122 valence electrons. The molecule has 1 unspecified atom stereocenters. The van der Waals surface area contributed by atoms with E-state index in [0.29, 0.717) is 12.4 Å². The van der Waals surface area contributed by atoms with E-state index >= 15 is 0 Å². The molecular weight excluding hydrogens is 300 g/mol. The third-order valence-corrected chi connectivity index (χ3v) is 6.31. The number of piperidine rings is 1. The van der Waals surface area contributed by atoms with Crippen LogP contribution in [0.2, 0.25) is 0 Å². The fourth-order valence-electron chi connectivity index (χ4n) is 3.36. The van der Waals surface area contributed by atoms with Crippen LogP contribution >= 0.6 is 0 Å². The fraction of sp³-hybridized carbons (Fsp3) is 0.733. The summed E-state index contributed by atoms with van der Waals surface area (Å²) in [6, 6.07) is 1.96. The first-order valence-electron chi connectivity index (χ1n) is 8.14. The lowest BCUT2D eigenvalue weighted by atomic mass is 10.1. The summed E-state index contributed by atoms with van der Waals surface area (Å²) in [6.45, 7) is 4.84. The lowest BCUT2D eigenvalue weighted by molar-refractivity contribution is 0.571. The van der Waals surface area contributed by atoms with Crippen LogP contribution in [0.1, 0.15) is 32.6 Å². The van der Waals surface area contributed by atoms with E-state index in [2.05, 4.69) is 9.88 Å². The molecule has 6 nitrogen and oxygen atoms in total. The summed E-state index contributed by atoms with van der Waals surface area (Å²) >= 11 is 0. The zero-order valence-electron chi connectivity index (χ0n) is 13.1. The number of nitrogens with zero attached hydrogens (tertiary/aromatic N) is 4. The Bertz CT molecular complexity index is 614. The molecule has 2 saturated heterocycles. The van der Waals surface area contributed by atoms with Crippen LogP contribution in [0.4, 0.5) is 11.8 Å². The summed E-state index contributed by atoms with van der Waals surface area (Å²) in [4.78, 5) is 13.4. The highest BCUT2D eigenvalue weighted by Gasteiger charge is 2.33. The van der Waals surface area contributed by atoms with Crippen LogP contribution in [0.25, 0.3) is 0 Å². The van der Waals surface area contributed by atoms with Crippen molar-refractivity contribution in [2.75, 3.05) is 40.9 Å². The third-order valence-electron chi connectivity index (χ3n) is 4.55. The maximum absolute atomic E-state index is 11.7. The molecule has 3 rings (SSSR count). The van der Waals surface area contributed by atoms with Gasteiger partial charge in [0.2, 0.25) is 5.95 Å². The van der Waals surface area contributed by atoms with Gasteiger partial charge in [0.25, 0.3) is 0 Å². The molecule has 0 radical (unpaired) electrons. The van der Waals surface area contributed by atoms with Gasteiger partial charge in [-0.1, -0.05) is 0 Å². The minimum Gasteiger partial charge on any atom is -0.356 e. The third kappa shape index (κ3) is 3.34. The molecule has 1 aromatic heterocycles. The Morgan fingerprint density at radius 2 is 2.09 bits per heavy atom. The van der Waals surface area contributed by atoms with Crippen molar-refractivity contribution in [2.24, 2.45) is 0 Å². The molecule has 3 heterocycles. The predicted molar refractivity (Wildman–Crippen MR) is 88.2 cm³/mol. The maximum atomic E-state index is 11.7. The summed E-state index contributed by atoms with van der Waals surface area (Å²) in [6.07, 6.45) is 6.16. The van der Waals surface area contributed by atoms with Crippen molar-refractivity contribution < 1.29 is 8.42 Å². The molecule has 0 bridgehead atoms. The van der Waals surface area contributed by atoms with Gasteiger partial charge in [0, 0.05) is 31.9 Å². The van der Waals surface area contributed by atoms with Gasteiger partial charge in [0.05, 0.1) is 11.5 Å². The number of hydrogen-bond acceptors (Lipinski definition) is 6. The van der Waals surface area contributed by atoms with Crippen LogP contribution < -0.4 is 9.80 Å². The van der Waals surface area contributed by atoms with Crippen molar-refractivity contribution in [1.29, 1.82) is 0 Å². The van der Waals surface area contributed by atoms with Gasteiger partial charge in [0.15, 0.2) is 9.84 Å². The van der Waals surface area contributed by atoms with Crippen molar-refractivity contribution in [1.82, 2.24) is 9.97 Å². The first-order valence-corrected chi connectivity index (χ1v) is 9.96. The monoisotopic (exact) mass is 324 g/mol. The van der Waals surface area contributed by atoms with E-state index in [9.17, 15) is 8.42 Å². The molecule has 22 heavy (non-hydrogen) atoms. The van der Waals surface area contributed by atoms with E-state index in [-0.39, 0.29) is 17.5 Å². The summed E-state index contributed by atoms with van der Waals surface area (Å²) in [7, 11) is -2.90. The predicted octanol–water partition coefficient (Wildman–Crippen LogP) is 1.48. The smallest absolute Gasteiger partial charge is 0.227 e. The molecule has 2 aliphatic heterocycles. The molecule has 0 spiro atoms. The maximum Gasteiger partial charge on any atom is 0.227 e. The average molecular weight is 324 g/mol. The van der Waals surface area contributed by atoms with Crippen LogP contribution in [-0.2, 0) is 9.84 Å². The van der Waals surface area contributed by atoms with Crippen molar-refractivity contribution in [3.63, 3.8) is 0 Å². The summed E-state index contributed by atoms with van der Waals surface area (Å²) in [5.74, 6) is 2.12. The molecule has 2 fully saturated rings. The van der Waals surface area contributed by atoms with Gasteiger partial charge in [-0.25, -0.2) is 13.4 Å². The molecule has 0 aromatic carbocycles. The Balaban J connectivity index is 1.80. The molecule has 0 amide bonds. The number of rotatable bonds is 4. The van der Waals surface area contributed by atoms with E-state index in [0.717, 1.165) is 25.5 Å². The van der Waals surface area contributed by atoms with Crippen LogP contribution in [0.5, 0.6) is 0 Å². The van der Waals surface area contributed by atoms with E-state index in [1.165, 1.54) is 19.3 Å². The van der Waals surface area contributed by atoms with Crippen LogP contribution in [0, 0.1) is 0 Å². The SMILES string of the molecule is CCN(c1nccc(N2CCCCC2)n1)C1CCS(=O)(=O)C1. The standard InChI is InChI=1S/C15H24N4O2S/c1-2-19(13-7-11-22(20,21)12-13)15-16-8-6-14(17-15)18-9-4-3-5-10-18/h6,8,13H,2-5,7,9-12H2,1H3. The first-order chi connectivity index (χ1) is 10.6. The molecule has 0 saturated carbocycles. The van der Waals surface area contributed by atoms with Gasteiger partial charge in [-0.2, -0.15) is 4.98 Å². The molecule has 0 N–H and O–H groups in total. The van der Waals surface area contributed by atoms with E-state index in [1.54, 1.807) is 6.20 Å². The highest BCUT2D eigenvalue weighted by Crippen LogP contribution is 2.24. The normalized spacial score (nSPS) is 24.4. The van der Waals surface area contributed by atoms with Gasteiger partial charge in [-0.3, -0.25) is 0 Å². The second kappa shape index (κ2) is 6.40. The molecule has 7 heteroatoms. The number of anilines is 2. The van der Waals surface area contributed by atoms with Crippen molar-refractivity contribution >= 4 is 21.6 Å². The van der Waals surface area contributed by atoms with E-state index in [1.807, 2.05) is 17.9 Å². The largest absolute Gasteiger partial charge is 0.356 e. The quantitative estimate of drug-likeness (QED) is 0.836. The summed E-state index contributed by atoms with van der Waals surface area (Å²) in [5, 5.41) is 0. The topological polar surface area (TPSA) is 66.4 Å². The molecule has 1 aromatic rings. The minimum absolute atomic E-state index is 0.00612. The minimum atomic E-state index is -2.90. The Labute approximate surface area is 132 Å². The summed E-state index contributed by atoms with van der Waals surface area (Å²) in [5.41, 5.74) is 0. The fourth-order valence-corrected chi connectivity index (χ4v) is 5.09. The zero-order chi connectivity index (χ0) is 15.6. The van der Waals surface area contributed by atoms with Crippen molar-refractivity contribution in [3.05, 3.63) is 12.3 Å². The highest BCUT2D eigenvalue weighted by molar-refractivity contribution is 7.91. The Morgan fingerprint density at radius 3 is 2.73 bits per heavy atom. The van der Waals surface area contributed by atoms with Crippen LogP contribution in [0.15, 0.2) is 12.3 Å². The van der Waals surface area contributed by atoms with Gasteiger partial charge in [-0.15, -0.1) is 0 Å². The lowest BCUT2D eigenvalue weighted by Gasteiger charge is -2.30. The van der Waals surface area contributed by atoms with Gasteiger partial charge in [-0.05, 0) is 38.7 Å². The first kappa shape index (κ1) is 15.5. The number of sulfone groups is 1. The Kier molecular flexibility index (Phi) is 4.52. The van der Waals surface area contributed by atoms with Gasteiger partial charge >= 0.3 is 0 Å². The van der Waals surface area contributed by atoms with Crippen LogP contribution in [0.3, 0.4) is 0 Å². The van der Waals surface area contributed by atoms with Gasteiger partial charge < -0.3 is 9.80 Å². The average Bonchev–Trinajstić information content (AvgIpc) is 2.89. The van der Waals surface area contributed by atoms with Crippen molar-refractivity contribution in [2.45, 2.75) is 38.6 Å². The lowest BCUT2D eigenvalue weighted by Crippen LogP contribution is -2.38. The second-order valence-corrected chi connectivity index (χ2v) is 8.33.